The van der Waals surface area contributed by atoms with Crippen molar-refractivity contribution in [2.45, 2.75) is 6.61 Å². The first-order chi connectivity index (χ1) is 8.28. The number of halogens is 1. The second kappa shape index (κ2) is 5.38. The van der Waals surface area contributed by atoms with Crippen LogP contribution in [-0.4, -0.2) is 0 Å². The molecule has 0 fully saturated rings. The predicted molar refractivity (Wildman–Crippen MR) is 66.9 cm³/mol. The lowest BCUT2D eigenvalue weighted by Crippen LogP contribution is -1.95. The molecular formula is C14H10ClNO. The van der Waals surface area contributed by atoms with E-state index in [1.165, 1.54) is 0 Å². The zero-order chi connectivity index (χ0) is 12.1. The third kappa shape index (κ3) is 3.24. The minimum atomic E-state index is 0.464. The number of ether oxygens (including phenoxy) is 1. The Bertz CT molecular complexity index is 543. The van der Waals surface area contributed by atoms with Crippen LogP contribution in [0.25, 0.3) is 0 Å². The number of hydrogen-bond donors (Lipinski definition) is 0. The van der Waals surface area contributed by atoms with Crippen LogP contribution in [-0.2, 0) is 6.61 Å². The van der Waals surface area contributed by atoms with Crippen LogP contribution in [0.4, 0.5) is 0 Å². The Kier molecular flexibility index (Phi) is 3.64. The zero-order valence-corrected chi connectivity index (χ0v) is 9.82. The minimum absolute atomic E-state index is 0.464. The molecule has 0 aliphatic carbocycles. The summed E-state index contributed by atoms with van der Waals surface area (Å²) < 4.78 is 5.58. The molecule has 2 aromatic carbocycles. The lowest BCUT2D eigenvalue weighted by atomic mass is 10.2. The molecule has 0 atom stereocenters. The van der Waals surface area contributed by atoms with Gasteiger partial charge in [-0.2, -0.15) is 5.26 Å². The maximum absolute atomic E-state index is 8.76. The fourth-order valence-electron chi connectivity index (χ4n) is 1.40. The van der Waals surface area contributed by atoms with E-state index in [9.17, 15) is 0 Å². The first-order valence-electron chi connectivity index (χ1n) is 5.15. The number of hydrogen-bond acceptors (Lipinski definition) is 2. The molecule has 2 aromatic rings. The second-order valence-electron chi connectivity index (χ2n) is 3.55. The molecule has 0 bridgehead atoms. The van der Waals surface area contributed by atoms with Gasteiger partial charge >= 0.3 is 0 Å². The van der Waals surface area contributed by atoms with Gasteiger partial charge in [0.25, 0.3) is 0 Å². The highest BCUT2D eigenvalue weighted by Crippen LogP contribution is 2.15. The van der Waals surface area contributed by atoms with Crippen molar-refractivity contribution in [1.29, 1.82) is 5.26 Å². The molecule has 0 heterocycles. The van der Waals surface area contributed by atoms with Gasteiger partial charge in [0, 0.05) is 5.02 Å². The Hall–Kier alpha value is -1.98. The molecule has 17 heavy (non-hydrogen) atoms. The van der Waals surface area contributed by atoms with Gasteiger partial charge in [0.15, 0.2) is 0 Å². The second-order valence-corrected chi connectivity index (χ2v) is 3.99. The van der Waals surface area contributed by atoms with Crippen molar-refractivity contribution >= 4 is 11.6 Å². The van der Waals surface area contributed by atoms with Crippen LogP contribution in [0.3, 0.4) is 0 Å². The molecule has 2 rings (SSSR count). The molecule has 2 nitrogen and oxygen atoms in total. The third-order valence-electron chi connectivity index (χ3n) is 2.28. The van der Waals surface area contributed by atoms with Crippen LogP contribution in [0.2, 0.25) is 5.02 Å². The van der Waals surface area contributed by atoms with Crippen molar-refractivity contribution in [2.75, 3.05) is 0 Å². The maximum atomic E-state index is 8.76. The van der Waals surface area contributed by atoms with Crippen LogP contribution in [0.15, 0.2) is 48.5 Å². The number of nitriles is 1. The SMILES string of the molecule is N#Cc1cccc(OCc2ccc(Cl)cc2)c1. The van der Waals surface area contributed by atoms with Gasteiger partial charge in [0.1, 0.15) is 12.4 Å². The number of benzene rings is 2. The smallest absolute Gasteiger partial charge is 0.121 e. The summed E-state index contributed by atoms with van der Waals surface area (Å²) in [7, 11) is 0. The summed E-state index contributed by atoms with van der Waals surface area (Å²) in [5.74, 6) is 0.694. The van der Waals surface area contributed by atoms with E-state index in [-0.39, 0.29) is 0 Å². The van der Waals surface area contributed by atoms with Gasteiger partial charge in [-0.15, -0.1) is 0 Å². The van der Waals surface area contributed by atoms with Crippen LogP contribution in [0.1, 0.15) is 11.1 Å². The van der Waals surface area contributed by atoms with Crippen molar-refractivity contribution in [3.05, 3.63) is 64.7 Å². The fourth-order valence-corrected chi connectivity index (χ4v) is 1.53. The van der Waals surface area contributed by atoms with Gasteiger partial charge in [0.05, 0.1) is 11.6 Å². The molecule has 0 amide bonds. The zero-order valence-electron chi connectivity index (χ0n) is 9.06. The van der Waals surface area contributed by atoms with Crippen molar-refractivity contribution in [3.63, 3.8) is 0 Å². The predicted octanol–water partition coefficient (Wildman–Crippen LogP) is 3.79. The van der Waals surface area contributed by atoms with Gasteiger partial charge in [-0.05, 0) is 35.9 Å². The molecule has 0 unspecified atom stereocenters. The van der Waals surface area contributed by atoms with E-state index in [0.717, 1.165) is 5.56 Å². The van der Waals surface area contributed by atoms with Crippen LogP contribution in [0.5, 0.6) is 5.75 Å². The van der Waals surface area contributed by atoms with Crippen molar-refractivity contribution in [1.82, 2.24) is 0 Å². The van der Waals surface area contributed by atoms with Gasteiger partial charge in [0.2, 0.25) is 0 Å². The fraction of sp³-hybridized carbons (Fsp3) is 0.0714. The molecule has 0 radical (unpaired) electrons. The highest BCUT2D eigenvalue weighted by molar-refractivity contribution is 6.30. The molecule has 0 spiro atoms. The summed E-state index contributed by atoms with van der Waals surface area (Å²) in [6.07, 6.45) is 0. The normalized spacial score (nSPS) is 9.65. The van der Waals surface area contributed by atoms with E-state index >= 15 is 0 Å². The van der Waals surface area contributed by atoms with Crippen molar-refractivity contribution in [3.8, 4) is 11.8 Å². The third-order valence-corrected chi connectivity index (χ3v) is 2.53. The Morgan fingerprint density at radius 3 is 2.59 bits per heavy atom. The molecule has 0 aromatic heterocycles. The summed E-state index contributed by atoms with van der Waals surface area (Å²) in [5, 5.41) is 9.47. The van der Waals surface area contributed by atoms with Gasteiger partial charge in [-0.25, -0.2) is 0 Å². The average Bonchev–Trinajstić information content (AvgIpc) is 2.38. The van der Waals surface area contributed by atoms with E-state index in [2.05, 4.69) is 6.07 Å². The lowest BCUT2D eigenvalue weighted by Gasteiger charge is -2.06. The number of nitrogens with zero attached hydrogens (tertiary/aromatic N) is 1. The Morgan fingerprint density at radius 1 is 1.12 bits per heavy atom. The summed E-state index contributed by atoms with van der Waals surface area (Å²) >= 11 is 5.79. The van der Waals surface area contributed by atoms with Crippen LogP contribution in [0, 0.1) is 11.3 Å². The standard InChI is InChI=1S/C14H10ClNO/c15-13-6-4-11(5-7-13)10-17-14-3-1-2-12(8-14)9-16/h1-8H,10H2. The topological polar surface area (TPSA) is 33.0 Å². The summed E-state index contributed by atoms with van der Waals surface area (Å²) in [4.78, 5) is 0. The van der Waals surface area contributed by atoms with Gasteiger partial charge in [-0.1, -0.05) is 29.8 Å². The largest absolute Gasteiger partial charge is 0.489 e. The quantitative estimate of drug-likeness (QED) is 0.822. The maximum Gasteiger partial charge on any atom is 0.121 e. The average molecular weight is 244 g/mol. The lowest BCUT2D eigenvalue weighted by molar-refractivity contribution is 0.306. The van der Waals surface area contributed by atoms with Crippen molar-refractivity contribution in [2.24, 2.45) is 0 Å². The van der Waals surface area contributed by atoms with Crippen LogP contribution < -0.4 is 4.74 Å². The van der Waals surface area contributed by atoms with Gasteiger partial charge < -0.3 is 4.74 Å². The molecule has 3 heteroatoms. The monoisotopic (exact) mass is 243 g/mol. The molecule has 84 valence electrons. The first kappa shape index (κ1) is 11.5. The van der Waals surface area contributed by atoms with E-state index in [1.54, 1.807) is 18.2 Å². The summed E-state index contributed by atoms with van der Waals surface area (Å²) in [6.45, 7) is 0.464. The van der Waals surface area contributed by atoms with Gasteiger partial charge in [-0.3, -0.25) is 0 Å². The summed E-state index contributed by atoms with van der Waals surface area (Å²) in [6, 6.07) is 16.6. The van der Waals surface area contributed by atoms with E-state index in [0.29, 0.717) is 22.9 Å². The van der Waals surface area contributed by atoms with E-state index in [1.807, 2.05) is 30.3 Å². The first-order valence-corrected chi connectivity index (χ1v) is 5.53. The molecule has 0 saturated carbocycles. The highest BCUT2D eigenvalue weighted by atomic mass is 35.5. The molecule has 0 saturated heterocycles. The minimum Gasteiger partial charge on any atom is -0.489 e. The number of rotatable bonds is 3. The Morgan fingerprint density at radius 2 is 1.88 bits per heavy atom. The van der Waals surface area contributed by atoms with Crippen molar-refractivity contribution < 1.29 is 4.74 Å². The van der Waals surface area contributed by atoms with Crippen LogP contribution >= 0.6 is 11.6 Å². The van der Waals surface area contributed by atoms with E-state index < -0.39 is 0 Å². The Balaban J connectivity index is 2.02. The molecular weight excluding hydrogens is 234 g/mol. The Labute approximate surface area is 105 Å². The van der Waals surface area contributed by atoms with E-state index in [4.69, 9.17) is 21.6 Å². The highest BCUT2D eigenvalue weighted by Gasteiger charge is 1.97. The molecule has 0 N–H and O–H groups in total. The molecule has 0 aliphatic rings. The molecule has 0 aliphatic heterocycles. The summed E-state index contributed by atoms with van der Waals surface area (Å²) in [5.41, 5.74) is 1.63.